The summed E-state index contributed by atoms with van der Waals surface area (Å²) in [6.45, 7) is 0.802. The van der Waals surface area contributed by atoms with Crippen LogP contribution in [0.2, 0.25) is 0 Å². The van der Waals surface area contributed by atoms with Crippen molar-refractivity contribution in [1.82, 2.24) is 24.9 Å². The van der Waals surface area contributed by atoms with Gasteiger partial charge in [0.25, 0.3) is 5.91 Å². The number of fused-ring (bicyclic) bond motifs is 3. The first kappa shape index (κ1) is 18.3. The molecule has 2 aliphatic heterocycles. The molecule has 0 radical (unpaired) electrons. The van der Waals surface area contributed by atoms with Crippen molar-refractivity contribution in [2.45, 2.75) is 31.3 Å². The van der Waals surface area contributed by atoms with Gasteiger partial charge in [-0.05, 0) is 65.4 Å². The largest absolute Gasteiger partial charge is 0.365 e. The number of anilines is 1. The van der Waals surface area contributed by atoms with Crippen molar-refractivity contribution in [2.75, 3.05) is 11.9 Å². The van der Waals surface area contributed by atoms with Gasteiger partial charge in [0.2, 0.25) is 0 Å². The Hall–Kier alpha value is -2.74. The van der Waals surface area contributed by atoms with E-state index in [1.54, 1.807) is 18.6 Å². The highest BCUT2D eigenvalue weighted by atomic mass is 79.9. The molecule has 0 spiro atoms. The number of para-hydroxylation sites is 1. The topological polar surface area (TPSA) is 75.9 Å². The second kappa shape index (κ2) is 7.59. The molecular weight excluding hydrogens is 432 g/mol. The van der Waals surface area contributed by atoms with Gasteiger partial charge in [-0.2, -0.15) is 15.0 Å². The number of hydrogen-bond acceptors (Lipinski definition) is 5. The van der Waals surface area contributed by atoms with Crippen LogP contribution in [0.15, 0.2) is 59.5 Å². The summed E-state index contributed by atoms with van der Waals surface area (Å²) < 4.78 is 0.953. The summed E-state index contributed by atoms with van der Waals surface area (Å²) in [6, 6.07) is 11.8. The van der Waals surface area contributed by atoms with Crippen LogP contribution in [-0.4, -0.2) is 49.4 Å². The molecule has 3 atom stereocenters. The highest BCUT2D eigenvalue weighted by Crippen LogP contribution is 2.37. The fourth-order valence-electron chi connectivity index (χ4n) is 4.56. The third kappa shape index (κ3) is 3.53. The number of benzene rings is 1. The Balaban J connectivity index is 1.41. The summed E-state index contributed by atoms with van der Waals surface area (Å²) in [5.41, 5.74) is 1.35. The zero-order chi connectivity index (χ0) is 19.8. The number of amides is 1. The van der Waals surface area contributed by atoms with Gasteiger partial charge in [-0.3, -0.25) is 4.79 Å². The van der Waals surface area contributed by atoms with E-state index in [0.29, 0.717) is 17.2 Å². The molecule has 3 aliphatic rings. The Labute approximate surface area is 177 Å². The average Bonchev–Trinajstić information content (AvgIpc) is 3.30. The third-order valence-electron chi connectivity index (χ3n) is 5.87. The monoisotopic (exact) mass is 452 g/mol. The predicted octanol–water partition coefficient (Wildman–Crippen LogP) is 3.53. The quantitative estimate of drug-likeness (QED) is 0.654. The molecule has 8 heteroatoms. The first-order valence-electron chi connectivity index (χ1n) is 9.84. The number of nitrogens with one attached hydrogen (secondary N) is 1. The van der Waals surface area contributed by atoms with Gasteiger partial charge >= 0.3 is 0 Å². The fourth-order valence-corrected chi connectivity index (χ4v) is 4.79. The normalized spacial score (nSPS) is 23.2. The maximum Gasteiger partial charge on any atom is 0.256 e. The van der Waals surface area contributed by atoms with Gasteiger partial charge < -0.3 is 10.2 Å². The molecule has 7 nitrogen and oxygen atoms in total. The molecule has 148 valence electrons. The first-order chi connectivity index (χ1) is 14.2. The lowest BCUT2D eigenvalue weighted by atomic mass is 9.76. The minimum atomic E-state index is 0.0443. The van der Waals surface area contributed by atoms with Gasteiger partial charge in [-0.1, -0.05) is 12.1 Å². The Kier molecular flexibility index (Phi) is 4.79. The zero-order valence-corrected chi connectivity index (χ0v) is 17.4. The molecule has 3 fully saturated rings. The van der Waals surface area contributed by atoms with E-state index >= 15 is 0 Å². The lowest BCUT2D eigenvalue weighted by Crippen LogP contribution is -2.59. The molecule has 1 saturated carbocycles. The van der Waals surface area contributed by atoms with Crippen LogP contribution in [0.3, 0.4) is 0 Å². The lowest BCUT2D eigenvalue weighted by molar-refractivity contribution is 0.0281. The molecule has 6 rings (SSSR count). The van der Waals surface area contributed by atoms with E-state index in [-0.39, 0.29) is 18.0 Å². The van der Waals surface area contributed by atoms with Crippen LogP contribution >= 0.6 is 15.9 Å². The van der Waals surface area contributed by atoms with E-state index in [2.05, 4.69) is 36.4 Å². The molecule has 2 bridgehead atoms. The molecule has 4 heterocycles. The molecule has 1 aliphatic carbocycles. The van der Waals surface area contributed by atoms with Gasteiger partial charge in [0, 0.05) is 23.3 Å². The van der Waals surface area contributed by atoms with E-state index in [4.69, 9.17) is 0 Å². The summed E-state index contributed by atoms with van der Waals surface area (Å²) in [6.07, 6.45) is 8.27. The summed E-state index contributed by atoms with van der Waals surface area (Å²) in [5, 5.41) is 12.0. The molecule has 1 N–H and O–H groups in total. The van der Waals surface area contributed by atoms with Crippen LogP contribution in [0.5, 0.6) is 0 Å². The van der Waals surface area contributed by atoms with E-state index in [0.717, 1.165) is 29.7 Å². The highest BCUT2D eigenvalue weighted by Gasteiger charge is 2.43. The number of pyridine rings is 1. The second-order valence-electron chi connectivity index (χ2n) is 7.65. The van der Waals surface area contributed by atoms with Crippen LogP contribution in [-0.2, 0) is 0 Å². The third-order valence-corrected chi connectivity index (χ3v) is 6.34. The minimum absolute atomic E-state index is 0.0443. The van der Waals surface area contributed by atoms with Crippen molar-refractivity contribution in [1.29, 1.82) is 0 Å². The summed E-state index contributed by atoms with van der Waals surface area (Å²) in [5.74, 6) is 1.40. The van der Waals surface area contributed by atoms with Crippen LogP contribution in [0.25, 0.3) is 5.69 Å². The van der Waals surface area contributed by atoms with Crippen LogP contribution in [0.4, 0.5) is 5.82 Å². The molecule has 2 aromatic heterocycles. The van der Waals surface area contributed by atoms with Crippen molar-refractivity contribution < 1.29 is 4.79 Å². The van der Waals surface area contributed by atoms with Crippen LogP contribution < -0.4 is 5.32 Å². The zero-order valence-electron chi connectivity index (χ0n) is 15.8. The average molecular weight is 453 g/mol. The first-order valence-corrected chi connectivity index (χ1v) is 10.6. The number of halogens is 1. The number of carbonyl (C=O) groups excluding carboxylic acids is 1. The highest BCUT2D eigenvalue weighted by molar-refractivity contribution is 9.10. The minimum Gasteiger partial charge on any atom is -0.365 e. The van der Waals surface area contributed by atoms with E-state index in [1.807, 2.05) is 41.3 Å². The smallest absolute Gasteiger partial charge is 0.256 e. The van der Waals surface area contributed by atoms with Gasteiger partial charge in [0.15, 0.2) is 0 Å². The number of nitrogens with zero attached hydrogens (tertiary/aromatic N) is 5. The molecule has 3 aromatic rings. The Morgan fingerprint density at radius 1 is 1.10 bits per heavy atom. The molecule has 29 heavy (non-hydrogen) atoms. The lowest BCUT2D eigenvalue weighted by Gasteiger charge is -2.50. The second-order valence-corrected chi connectivity index (χ2v) is 8.57. The summed E-state index contributed by atoms with van der Waals surface area (Å²) >= 11 is 3.43. The number of piperidine rings is 2. The van der Waals surface area contributed by atoms with E-state index in [9.17, 15) is 4.79 Å². The van der Waals surface area contributed by atoms with Crippen molar-refractivity contribution in [2.24, 2.45) is 5.92 Å². The SMILES string of the molecule is O=C(c1ccccc1-n1nccn1)N1CC2CCC1C(Nc1ccc(Br)cn1)C2. The summed E-state index contributed by atoms with van der Waals surface area (Å²) in [4.78, 5) is 21.6. The molecule has 3 unspecified atom stereocenters. The van der Waals surface area contributed by atoms with Crippen molar-refractivity contribution >= 4 is 27.7 Å². The van der Waals surface area contributed by atoms with Crippen molar-refractivity contribution in [3.63, 3.8) is 0 Å². The van der Waals surface area contributed by atoms with Gasteiger partial charge in [-0.25, -0.2) is 4.98 Å². The number of carbonyl (C=O) groups is 1. The maximum absolute atomic E-state index is 13.6. The predicted molar refractivity (Wildman–Crippen MR) is 113 cm³/mol. The standard InChI is InChI=1S/C21H21BrN6O/c22-15-6-8-20(23-12-15)26-17-11-14-5-7-19(17)27(13-14)21(29)16-3-1-2-4-18(16)28-24-9-10-25-28/h1-4,6,8-10,12,14,17,19H,5,7,11,13H2,(H,23,26). The number of aromatic nitrogens is 4. The van der Waals surface area contributed by atoms with Crippen LogP contribution in [0.1, 0.15) is 29.6 Å². The van der Waals surface area contributed by atoms with Crippen LogP contribution in [0, 0.1) is 5.92 Å². The molecule has 2 saturated heterocycles. The number of rotatable bonds is 4. The maximum atomic E-state index is 13.6. The fraction of sp³-hybridized carbons (Fsp3) is 0.333. The van der Waals surface area contributed by atoms with Gasteiger partial charge in [0.05, 0.1) is 29.7 Å². The Bertz CT molecular complexity index is 1010. The number of hydrogen-bond donors (Lipinski definition) is 1. The molecular formula is C21H21BrN6O. The molecule has 1 aromatic carbocycles. The van der Waals surface area contributed by atoms with Crippen molar-refractivity contribution in [3.8, 4) is 5.69 Å². The van der Waals surface area contributed by atoms with Gasteiger partial charge in [-0.15, -0.1) is 0 Å². The summed E-state index contributed by atoms with van der Waals surface area (Å²) in [7, 11) is 0. The van der Waals surface area contributed by atoms with E-state index < -0.39 is 0 Å². The molecule has 1 amide bonds. The Morgan fingerprint density at radius 3 is 2.69 bits per heavy atom. The Morgan fingerprint density at radius 2 is 1.93 bits per heavy atom. The van der Waals surface area contributed by atoms with E-state index in [1.165, 1.54) is 11.2 Å². The van der Waals surface area contributed by atoms with Gasteiger partial charge in [0.1, 0.15) is 5.82 Å². The van der Waals surface area contributed by atoms with Crippen molar-refractivity contribution in [3.05, 3.63) is 65.0 Å².